The molecule has 1 aliphatic heterocycles. The number of likely N-dealkylation sites (tertiary alicyclic amines) is 1. The summed E-state index contributed by atoms with van der Waals surface area (Å²) in [5.74, 6) is -0.139. The van der Waals surface area contributed by atoms with E-state index in [4.69, 9.17) is 0 Å². The van der Waals surface area contributed by atoms with Crippen LogP contribution in [0.4, 0.5) is 10.1 Å². The van der Waals surface area contributed by atoms with Crippen LogP contribution in [-0.2, 0) is 12.8 Å². The van der Waals surface area contributed by atoms with Crippen molar-refractivity contribution in [2.45, 2.75) is 44.2 Å². The van der Waals surface area contributed by atoms with Crippen molar-refractivity contribution < 1.29 is 32.9 Å². The van der Waals surface area contributed by atoms with Gasteiger partial charge in [-0.15, -0.1) is 0 Å². The van der Waals surface area contributed by atoms with E-state index in [0.29, 0.717) is 12.1 Å². The molecule has 2 aliphatic rings. The first-order valence-corrected chi connectivity index (χ1v) is 9.94. The summed E-state index contributed by atoms with van der Waals surface area (Å²) in [6.07, 6.45) is 6.02. The van der Waals surface area contributed by atoms with Gasteiger partial charge in [0.1, 0.15) is 11.9 Å². The van der Waals surface area contributed by atoms with E-state index in [-0.39, 0.29) is 29.8 Å². The third kappa shape index (κ3) is 4.48. The summed E-state index contributed by atoms with van der Waals surface area (Å²) in [6, 6.07) is 17.0. The smallest absolute Gasteiger partial charge is 0.125 e. The van der Waals surface area contributed by atoms with Gasteiger partial charge < -0.3 is 33.4 Å². The number of nitrogens with zero attached hydrogens (tertiary/aromatic N) is 2. The Balaban J connectivity index is 0.00000210. The third-order valence-corrected chi connectivity index (χ3v) is 6.53. The lowest BCUT2D eigenvalue weighted by Crippen LogP contribution is -3.00. The van der Waals surface area contributed by atoms with Gasteiger partial charge in [-0.3, -0.25) is 0 Å². The summed E-state index contributed by atoms with van der Waals surface area (Å²) in [7, 11) is 4.72. The molecule has 146 valence electrons. The molecule has 1 aliphatic carbocycles. The van der Waals surface area contributed by atoms with E-state index in [1.165, 1.54) is 36.9 Å². The Hall–Kier alpha value is -1.14. The van der Waals surface area contributed by atoms with Gasteiger partial charge in [0.05, 0.1) is 27.2 Å². The van der Waals surface area contributed by atoms with Gasteiger partial charge in [-0.25, -0.2) is 4.39 Å². The summed E-state index contributed by atoms with van der Waals surface area (Å²) in [6.45, 7) is 2.25. The lowest BCUT2D eigenvalue weighted by Gasteiger charge is -2.45. The summed E-state index contributed by atoms with van der Waals surface area (Å²) in [4.78, 5) is 2.50. The highest BCUT2D eigenvalue weighted by molar-refractivity contribution is 5.50. The molecule has 2 aromatic rings. The molecule has 0 radical (unpaired) electrons. The van der Waals surface area contributed by atoms with Crippen molar-refractivity contribution in [1.82, 2.24) is 0 Å². The second kappa shape index (κ2) is 8.48. The predicted octanol–water partition coefficient (Wildman–Crippen LogP) is 1.43. The summed E-state index contributed by atoms with van der Waals surface area (Å²) in [5.41, 5.74) is 3.95. The molecule has 1 heterocycles. The Bertz CT molecular complexity index is 751. The van der Waals surface area contributed by atoms with Gasteiger partial charge in [0.25, 0.3) is 0 Å². The van der Waals surface area contributed by atoms with Crippen molar-refractivity contribution in [1.29, 1.82) is 0 Å². The standard InChI is InChI=1S/C23H30FN2.HI/c1-26(2)13-6-5-12-23(26)17-25(21-11-7-10-20(24)16-21)22-14-18-8-3-4-9-19(18)15-22;/h3-4,7-11,16,22-23H,5-6,12-15,17H2,1-2H3;1H/q+1;/p-1. The van der Waals surface area contributed by atoms with E-state index < -0.39 is 0 Å². The fourth-order valence-corrected chi connectivity index (χ4v) is 4.85. The van der Waals surface area contributed by atoms with E-state index in [9.17, 15) is 4.39 Å². The molecule has 0 bridgehead atoms. The normalized spacial score (nSPS) is 21.4. The van der Waals surface area contributed by atoms with E-state index in [1.54, 1.807) is 12.1 Å². The van der Waals surface area contributed by atoms with Gasteiger partial charge in [-0.1, -0.05) is 30.3 Å². The maximum absolute atomic E-state index is 14.0. The zero-order valence-corrected chi connectivity index (χ0v) is 18.5. The number of benzene rings is 2. The van der Waals surface area contributed by atoms with Crippen LogP contribution in [0.1, 0.15) is 30.4 Å². The van der Waals surface area contributed by atoms with Gasteiger partial charge in [0.15, 0.2) is 0 Å². The molecule has 2 aromatic carbocycles. The number of likely N-dealkylation sites (N-methyl/N-ethyl adjacent to an activating group) is 1. The topological polar surface area (TPSA) is 3.24 Å². The Morgan fingerprint density at radius 1 is 1.00 bits per heavy atom. The summed E-state index contributed by atoms with van der Waals surface area (Å²) >= 11 is 0. The molecule has 0 N–H and O–H groups in total. The zero-order chi connectivity index (χ0) is 18.1. The van der Waals surface area contributed by atoms with Gasteiger partial charge in [0, 0.05) is 18.2 Å². The molecular formula is C23H30FIN2. The van der Waals surface area contributed by atoms with Crippen LogP contribution in [0.25, 0.3) is 0 Å². The fraction of sp³-hybridized carbons (Fsp3) is 0.478. The minimum Gasteiger partial charge on any atom is -1.00 e. The lowest BCUT2D eigenvalue weighted by molar-refractivity contribution is -0.918. The molecule has 1 saturated heterocycles. The zero-order valence-electron chi connectivity index (χ0n) is 16.4. The van der Waals surface area contributed by atoms with Gasteiger partial charge >= 0.3 is 0 Å². The highest BCUT2D eigenvalue weighted by Crippen LogP contribution is 2.32. The number of anilines is 1. The third-order valence-electron chi connectivity index (χ3n) is 6.53. The highest BCUT2D eigenvalue weighted by atomic mass is 127. The Morgan fingerprint density at radius 3 is 2.33 bits per heavy atom. The average Bonchev–Trinajstić information content (AvgIpc) is 3.04. The molecule has 1 atom stereocenters. The first kappa shape index (κ1) is 20.6. The van der Waals surface area contributed by atoms with Crippen molar-refractivity contribution in [3.05, 3.63) is 65.5 Å². The van der Waals surface area contributed by atoms with Crippen molar-refractivity contribution in [3.8, 4) is 0 Å². The largest absolute Gasteiger partial charge is 1.00 e. The maximum Gasteiger partial charge on any atom is 0.125 e. The fourth-order valence-electron chi connectivity index (χ4n) is 4.85. The molecule has 0 saturated carbocycles. The van der Waals surface area contributed by atoms with Gasteiger partial charge in [-0.2, -0.15) is 0 Å². The van der Waals surface area contributed by atoms with Crippen LogP contribution in [0.2, 0.25) is 0 Å². The summed E-state index contributed by atoms with van der Waals surface area (Å²) < 4.78 is 15.1. The average molecular weight is 480 g/mol. The molecule has 27 heavy (non-hydrogen) atoms. The first-order chi connectivity index (χ1) is 12.5. The number of quaternary nitrogens is 1. The van der Waals surface area contributed by atoms with Crippen molar-refractivity contribution >= 4 is 5.69 Å². The predicted molar refractivity (Wildman–Crippen MR) is 106 cm³/mol. The SMILES string of the molecule is C[N+]1(C)CCCCC1CN(c1cccc(F)c1)C1Cc2ccccc2C1.[I-]. The minimum atomic E-state index is -0.139. The molecule has 0 spiro atoms. The van der Waals surface area contributed by atoms with Gasteiger partial charge in [-0.05, 0) is 55.0 Å². The van der Waals surface area contributed by atoms with E-state index >= 15 is 0 Å². The molecule has 4 heteroatoms. The first-order valence-electron chi connectivity index (χ1n) is 9.94. The Labute approximate surface area is 180 Å². The molecule has 0 aromatic heterocycles. The van der Waals surface area contributed by atoms with Crippen LogP contribution in [0.5, 0.6) is 0 Å². The molecule has 0 amide bonds. The Morgan fingerprint density at radius 2 is 1.70 bits per heavy atom. The van der Waals surface area contributed by atoms with Crippen molar-refractivity contribution in [2.24, 2.45) is 0 Å². The summed E-state index contributed by atoms with van der Waals surface area (Å²) in [5, 5.41) is 0. The van der Waals surface area contributed by atoms with Crippen LogP contribution >= 0.6 is 0 Å². The highest BCUT2D eigenvalue weighted by Gasteiger charge is 2.36. The van der Waals surface area contributed by atoms with Crippen molar-refractivity contribution in [3.63, 3.8) is 0 Å². The van der Waals surface area contributed by atoms with Crippen LogP contribution in [0.3, 0.4) is 0 Å². The molecule has 1 fully saturated rings. The van der Waals surface area contributed by atoms with E-state index in [2.05, 4.69) is 49.3 Å². The number of hydrogen-bond acceptors (Lipinski definition) is 1. The number of halogens is 2. The quantitative estimate of drug-likeness (QED) is 0.473. The number of fused-ring (bicyclic) bond motifs is 1. The molecule has 2 nitrogen and oxygen atoms in total. The number of piperidine rings is 1. The van der Waals surface area contributed by atoms with E-state index in [1.807, 2.05) is 6.07 Å². The van der Waals surface area contributed by atoms with Crippen LogP contribution in [0.15, 0.2) is 48.5 Å². The monoisotopic (exact) mass is 480 g/mol. The molecular weight excluding hydrogens is 450 g/mol. The maximum atomic E-state index is 14.0. The van der Waals surface area contributed by atoms with Crippen LogP contribution in [-0.4, -0.2) is 43.8 Å². The molecule has 1 unspecified atom stereocenters. The van der Waals surface area contributed by atoms with Crippen LogP contribution < -0.4 is 28.9 Å². The van der Waals surface area contributed by atoms with Crippen LogP contribution in [0, 0.1) is 5.82 Å². The van der Waals surface area contributed by atoms with Gasteiger partial charge in [0.2, 0.25) is 0 Å². The second-order valence-corrected chi connectivity index (χ2v) is 8.61. The lowest BCUT2D eigenvalue weighted by atomic mass is 9.98. The molecule has 4 rings (SSSR count). The van der Waals surface area contributed by atoms with E-state index in [0.717, 1.165) is 29.6 Å². The number of hydrogen-bond donors (Lipinski definition) is 0. The second-order valence-electron chi connectivity index (χ2n) is 8.61. The number of rotatable bonds is 4. The minimum absolute atomic E-state index is 0. The van der Waals surface area contributed by atoms with Crippen molar-refractivity contribution in [2.75, 3.05) is 32.1 Å². The Kier molecular flexibility index (Phi) is 6.46.